The maximum absolute atomic E-state index is 13.2. The van der Waals surface area contributed by atoms with Crippen LogP contribution in [0.3, 0.4) is 0 Å². The maximum Gasteiger partial charge on any atom is 0.381 e. The number of hydroxylamine groups is 2. The van der Waals surface area contributed by atoms with E-state index in [2.05, 4.69) is 64.2 Å². The third-order valence-electron chi connectivity index (χ3n) is 5.53. The molecule has 0 aliphatic heterocycles. The standard InChI is InChI=1S/C25H36N6O3Si/c1-21(30(18-22-12-8-6-9-13-22)19-23-14-10-7-11-15-23)24(32)29(2)34-25-26-28-31(27-25)20-33-16-17-35(3,4)5/h6-15,21H,16-20H2,1-5H3/t21-/m0/s1. The van der Waals surface area contributed by atoms with Crippen LogP contribution in [0.25, 0.3) is 0 Å². The molecule has 3 rings (SSSR count). The Morgan fingerprint density at radius 1 is 1.00 bits per heavy atom. The third-order valence-corrected chi connectivity index (χ3v) is 7.23. The van der Waals surface area contributed by atoms with Crippen LogP contribution in [0.4, 0.5) is 0 Å². The van der Waals surface area contributed by atoms with Gasteiger partial charge in [-0.2, -0.15) is 5.06 Å². The number of hydrogen-bond donors (Lipinski definition) is 0. The molecule has 0 N–H and O–H groups in total. The van der Waals surface area contributed by atoms with Gasteiger partial charge in [-0.25, -0.2) is 0 Å². The summed E-state index contributed by atoms with van der Waals surface area (Å²) in [5, 5.41) is 13.2. The number of rotatable bonds is 13. The van der Waals surface area contributed by atoms with Crippen molar-refractivity contribution in [1.29, 1.82) is 0 Å². The Hall–Kier alpha value is -3.08. The molecule has 1 aromatic heterocycles. The van der Waals surface area contributed by atoms with Crippen molar-refractivity contribution in [2.45, 2.75) is 58.5 Å². The minimum absolute atomic E-state index is 0.000449. The van der Waals surface area contributed by atoms with Crippen molar-refractivity contribution in [3.63, 3.8) is 0 Å². The molecule has 0 saturated carbocycles. The van der Waals surface area contributed by atoms with E-state index in [0.717, 1.165) is 17.2 Å². The van der Waals surface area contributed by atoms with Gasteiger partial charge in [0, 0.05) is 34.8 Å². The zero-order chi connectivity index (χ0) is 25.3. The number of amides is 1. The summed E-state index contributed by atoms with van der Waals surface area (Å²) in [6, 6.07) is 20.8. The molecule has 1 heterocycles. The number of carbonyl (C=O) groups is 1. The second-order valence-corrected chi connectivity index (χ2v) is 15.4. The number of hydrogen-bond acceptors (Lipinski definition) is 7. The first-order valence-electron chi connectivity index (χ1n) is 11.8. The first kappa shape index (κ1) is 26.5. The Morgan fingerprint density at radius 3 is 2.11 bits per heavy atom. The Balaban J connectivity index is 1.59. The minimum atomic E-state index is -1.16. The molecule has 188 valence electrons. The fourth-order valence-corrected chi connectivity index (χ4v) is 4.15. The first-order valence-corrected chi connectivity index (χ1v) is 15.5. The van der Waals surface area contributed by atoms with Gasteiger partial charge in [0.2, 0.25) is 0 Å². The molecule has 0 radical (unpaired) electrons. The largest absolute Gasteiger partial charge is 0.381 e. The molecule has 0 aliphatic carbocycles. The molecule has 2 aromatic carbocycles. The molecule has 35 heavy (non-hydrogen) atoms. The van der Waals surface area contributed by atoms with Gasteiger partial charge in [-0.3, -0.25) is 9.69 Å². The van der Waals surface area contributed by atoms with Crippen molar-refractivity contribution in [1.82, 2.24) is 30.2 Å². The van der Waals surface area contributed by atoms with E-state index in [0.29, 0.717) is 19.7 Å². The molecule has 0 aliphatic rings. The van der Waals surface area contributed by atoms with Crippen LogP contribution in [-0.4, -0.2) is 63.8 Å². The number of carbonyl (C=O) groups excluding carboxylic acids is 1. The van der Waals surface area contributed by atoms with Crippen LogP contribution in [0, 0.1) is 0 Å². The third kappa shape index (κ3) is 8.89. The highest BCUT2D eigenvalue weighted by molar-refractivity contribution is 6.76. The summed E-state index contributed by atoms with van der Waals surface area (Å²) >= 11 is 0. The highest BCUT2D eigenvalue weighted by Gasteiger charge is 2.27. The van der Waals surface area contributed by atoms with Crippen molar-refractivity contribution in [3.05, 3.63) is 71.8 Å². The lowest BCUT2D eigenvalue weighted by Crippen LogP contribution is -2.46. The van der Waals surface area contributed by atoms with Crippen molar-refractivity contribution < 1.29 is 14.4 Å². The molecule has 1 amide bonds. The molecular weight excluding hydrogens is 460 g/mol. The topological polar surface area (TPSA) is 85.6 Å². The summed E-state index contributed by atoms with van der Waals surface area (Å²) in [7, 11) is 0.404. The SMILES string of the molecule is C[C@@H](C(=O)N(C)Oc1nnn(COCC[Si](C)(C)C)n1)N(Cc1ccccc1)Cc1ccccc1. The van der Waals surface area contributed by atoms with Crippen LogP contribution in [0.1, 0.15) is 18.1 Å². The zero-order valence-electron chi connectivity index (χ0n) is 21.3. The van der Waals surface area contributed by atoms with Gasteiger partial charge in [-0.05, 0) is 29.3 Å². The van der Waals surface area contributed by atoms with E-state index >= 15 is 0 Å². The van der Waals surface area contributed by atoms with Gasteiger partial charge in [0.05, 0.1) is 6.04 Å². The van der Waals surface area contributed by atoms with Crippen LogP contribution in [0.5, 0.6) is 6.01 Å². The summed E-state index contributed by atoms with van der Waals surface area (Å²) in [6.07, 6.45) is 0. The van der Waals surface area contributed by atoms with E-state index in [-0.39, 0.29) is 18.6 Å². The highest BCUT2D eigenvalue weighted by atomic mass is 28.3. The Morgan fingerprint density at radius 2 is 1.57 bits per heavy atom. The van der Waals surface area contributed by atoms with E-state index in [1.54, 1.807) is 7.05 Å². The van der Waals surface area contributed by atoms with Crippen LogP contribution < -0.4 is 4.84 Å². The maximum atomic E-state index is 13.2. The van der Waals surface area contributed by atoms with Crippen molar-refractivity contribution in [2.24, 2.45) is 0 Å². The lowest BCUT2D eigenvalue weighted by Gasteiger charge is -2.30. The normalized spacial score (nSPS) is 12.5. The first-order chi connectivity index (χ1) is 16.7. The molecule has 0 bridgehead atoms. The van der Waals surface area contributed by atoms with Gasteiger partial charge in [0.25, 0.3) is 5.91 Å². The van der Waals surface area contributed by atoms with Crippen LogP contribution in [0.15, 0.2) is 60.7 Å². The Bertz CT molecular complexity index is 1000. The summed E-state index contributed by atoms with van der Waals surface area (Å²) in [4.78, 5) is 22.3. The van der Waals surface area contributed by atoms with Crippen molar-refractivity contribution in [2.75, 3.05) is 13.7 Å². The quantitative estimate of drug-likeness (QED) is 0.202. The smallest absolute Gasteiger partial charge is 0.358 e. The van der Waals surface area contributed by atoms with Gasteiger partial charge in [0.15, 0.2) is 6.73 Å². The summed E-state index contributed by atoms with van der Waals surface area (Å²) in [5.74, 6) is -0.209. The molecule has 3 aromatic rings. The van der Waals surface area contributed by atoms with E-state index in [1.165, 1.54) is 9.86 Å². The molecular formula is C25H36N6O3Si. The summed E-state index contributed by atoms with van der Waals surface area (Å²) in [5.41, 5.74) is 2.26. The second-order valence-electron chi connectivity index (χ2n) is 9.77. The summed E-state index contributed by atoms with van der Waals surface area (Å²) in [6.45, 7) is 10.9. The van der Waals surface area contributed by atoms with Gasteiger partial charge in [-0.15, -0.1) is 4.80 Å². The van der Waals surface area contributed by atoms with E-state index in [4.69, 9.17) is 9.57 Å². The number of aromatic nitrogens is 4. The van der Waals surface area contributed by atoms with Crippen molar-refractivity contribution >= 4 is 14.0 Å². The van der Waals surface area contributed by atoms with Crippen LogP contribution in [-0.2, 0) is 29.4 Å². The number of benzene rings is 2. The zero-order valence-corrected chi connectivity index (χ0v) is 22.3. The monoisotopic (exact) mass is 496 g/mol. The fourth-order valence-electron chi connectivity index (χ4n) is 3.40. The Kier molecular flexibility index (Phi) is 9.53. The van der Waals surface area contributed by atoms with Gasteiger partial charge >= 0.3 is 6.01 Å². The number of likely N-dealkylation sites (N-methyl/N-ethyl adjacent to an activating group) is 1. The second kappa shape index (κ2) is 12.6. The van der Waals surface area contributed by atoms with E-state index in [1.807, 2.05) is 43.3 Å². The average molecular weight is 497 g/mol. The minimum Gasteiger partial charge on any atom is -0.358 e. The lowest BCUT2D eigenvalue weighted by atomic mass is 10.1. The van der Waals surface area contributed by atoms with Gasteiger partial charge in [-0.1, -0.05) is 90.5 Å². The lowest BCUT2D eigenvalue weighted by molar-refractivity contribution is -0.160. The van der Waals surface area contributed by atoms with Crippen molar-refractivity contribution in [3.8, 4) is 6.01 Å². The Labute approximate surface area is 208 Å². The van der Waals surface area contributed by atoms with Crippen LogP contribution >= 0.6 is 0 Å². The van der Waals surface area contributed by atoms with Gasteiger partial charge in [0.1, 0.15) is 0 Å². The van der Waals surface area contributed by atoms with E-state index in [9.17, 15) is 4.79 Å². The molecule has 0 spiro atoms. The molecule has 0 saturated heterocycles. The number of nitrogens with zero attached hydrogens (tertiary/aromatic N) is 6. The van der Waals surface area contributed by atoms with Crippen LogP contribution in [0.2, 0.25) is 25.7 Å². The molecule has 1 atom stereocenters. The van der Waals surface area contributed by atoms with Gasteiger partial charge < -0.3 is 9.57 Å². The molecule has 10 heteroatoms. The number of tetrazole rings is 1. The average Bonchev–Trinajstić information content (AvgIpc) is 3.28. The number of ether oxygens (including phenoxy) is 1. The molecule has 0 unspecified atom stereocenters. The predicted octanol–water partition coefficient (Wildman–Crippen LogP) is 3.83. The molecule has 0 fully saturated rings. The fraction of sp³-hybridized carbons (Fsp3) is 0.440. The predicted molar refractivity (Wildman–Crippen MR) is 137 cm³/mol. The summed E-state index contributed by atoms with van der Waals surface area (Å²) < 4.78 is 5.63. The highest BCUT2D eigenvalue weighted by Crippen LogP contribution is 2.15. The van der Waals surface area contributed by atoms with E-state index < -0.39 is 14.1 Å². The molecule has 9 nitrogen and oxygen atoms in total.